The molecule has 1 N–H and O–H groups in total. The molecule has 2 aromatic carbocycles. The number of Topliss-reactive ketones (excluding diaryl/α,β-unsaturated/α-hetero) is 1. The zero-order chi connectivity index (χ0) is 22.5. The molecule has 1 saturated heterocycles. The van der Waals surface area contributed by atoms with Gasteiger partial charge in [0.05, 0.1) is 30.4 Å². The largest absolute Gasteiger partial charge is 0.507 e. The van der Waals surface area contributed by atoms with Gasteiger partial charge in [-0.25, -0.2) is 0 Å². The number of halogens is 1. The third-order valence-corrected chi connectivity index (χ3v) is 5.54. The zero-order valence-corrected chi connectivity index (χ0v) is 18.6. The molecule has 1 aliphatic heterocycles. The van der Waals surface area contributed by atoms with E-state index in [1.807, 2.05) is 19.9 Å². The second kappa shape index (κ2) is 9.88. The number of aliphatic hydroxyl groups excluding tert-OH is 1. The fourth-order valence-corrected chi connectivity index (χ4v) is 3.89. The molecular weight excluding hydrogens is 418 g/mol. The Bertz CT molecular complexity index is 1020. The normalized spacial score (nSPS) is 17.8. The van der Waals surface area contributed by atoms with Gasteiger partial charge in [-0.3, -0.25) is 9.59 Å². The van der Waals surface area contributed by atoms with Crippen LogP contribution in [0.5, 0.6) is 11.5 Å². The Morgan fingerprint density at radius 2 is 1.90 bits per heavy atom. The van der Waals surface area contributed by atoms with Crippen molar-refractivity contribution in [3.8, 4) is 11.5 Å². The molecule has 2 aromatic rings. The van der Waals surface area contributed by atoms with Crippen LogP contribution in [0.25, 0.3) is 5.76 Å². The van der Waals surface area contributed by atoms with Crippen LogP contribution in [0.2, 0.25) is 5.02 Å². The van der Waals surface area contributed by atoms with E-state index in [1.165, 1.54) is 4.90 Å². The van der Waals surface area contributed by atoms with Gasteiger partial charge < -0.3 is 19.5 Å². The summed E-state index contributed by atoms with van der Waals surface area (Å²) in [5.41, 5.74) is 0.923. The van der Waals surface area contributed by atoms with Crippen molar-refractivity contribution in [2.75, 3.05) is 20.3 Å². The molecule has 0 aromatic heterocycles. The maximum Gasteiger partial charge on any atom is 0.295 e. The number of amides is 1. The zero-order valence-electron chi connectivity index (χ0n) is 17.9. The lowest BCUT2D eigenvalue weighted by Gasteiger charge is -2.25. The van der Waals surface area contributed by atoms with E-state index >= 15 is 0 Å². The molecule has 1 fully saturated rings. The van der Waals surface area contributed by atoms with Gasteiger partial charge in [0.1, 0.15) is 17.3 Å². The molecule has 0 aliphatic carbocycles. The topological polar surface area (TPSA) is 76.1 Å². The minimum absolute atomic E-state index is 0.00454. The summed E-state index contributed by atoms with van der Waals surface area (Å²) in [6.07, 6.45) is 1.59. The number of carbonyl (C=O) groups excluding carboxylic acids is 2. The molecule has 1 unspecified atom stereocenters. The van der Waals surface area contributed by atoms with Crippen LogP contribution in [0.1, 0.15) is 43.9 Å². The van der Waals surface area contributed by atoms with E-state index in [9.17, 15) is 14.7 Å². The van der Waals surface area contributed by atoms with Crippen LogP contribution >= 0.6 is 11.6 Å². The summed E-state index contributed by atoms with van der Waals surface area (Å²) >= 11 is 6.34. The molecule has 0 radical (unpaired) electrons. The van der Waals surface area contributed by atoms with Crippen LogP contribution < -0.4 is 9.47 Å². The van der Waals surface area contributed by atoms with Gasteiger partial charge in [0.15, 0.2) is 0 Å². The highest BCUT2D eigenvalue weighted by Gasteiger charge is 2.46. The molecule has 31 heavy (non-hydrogen) atoms. The van der Waals surface area contributed by atoms with Crippen molar-refractivity contribution in [2.24, 2.45) is 0 Å². The van der Waals surface area contributed by atoms with Gasteiger partial charge in [-0.15, -0.1) is 0 Å². The molecule has 0 bridgehead atoms. The van der Waals surface area contributed by atoms with Gasteiger partial charge in [0, 0.05) is 12.1 Å². The van der Waals surface area contributed by atoms with E-state index < -0.39 is 17.7 Å². The molecule has 7 heteroatoms. The maximum atomic E-state index is 13.0. The fraction of sp³-hybridized carbons (Fsp3) is 0.333. The van der Waals surface area contributed by atoms with Gasteiger partial charge in [0.25, 0.3) is 11.7 Å². The quantitative estimate of drug-likeness (QED) is 0.354. The summed E-state index contributed by atoms with van der Waals surface area (Å²) in [5.74, 6) is -0.600. The smallest absolute Gasteiger partial charge is 0.295 e. The molecule has 1 heterocycles. The van der Waals surface area contributed by atoms with Gasteiger partial charge >= 0.3 is 0 Å². The van der Waals surface area contributed by atoms with E-state index in [1.54, 1.807) is 43.5 Å². The Balaban J connectivity index is 2.20. The van der Waals surface area contributed by atoms with Crippen LogP contribution in [-0.4, -0.2) is 42.0 Å². The maximum absolute atomic E-state index is 13.0. The van der Waals surface area contributed by atoms with Gasteiger partial charge in [-0.05, 0) is 49.2 Å². The van der Waals surface area contributed by atoms with Gasteiger partial charge in [0.2, 0.25) is 0 Å². The van der Waals surface area contributed by atoms with Crippen LogP contribution in [-0.2, 0) is 9.59 Å². The molecule has 0 saturated carbocycles. The SMILES string of the molecule is CCCCN1C(=O)C(=O)/C(=C(/O)c2cc(OCC)ccc2Cl)C1c1cccc(OC)c1. The molecule has 0 spiro atoms. The van der Waals surface area contributed by atoms with Gasteiger partial charge in [-0.1, -0.05) is 37.1 Å². The third kappa shape index (κ3) is 4.54. The highest BCUT2D eigenvalue weighted by molar-refractivity contribution is 6.47. The molecule has 3 rings (SSSR count). The molecule has 1 atom stereocenters. The highest BCUT2D eigenvalue weighted by atomic mass is 35.5. The van der Waals surface area contributed by atoms with Crippen molar-refractivity contribution in [2.45, 2.75) is 32.7 Å². The number of hydrogen-bond donors (Lipinski definition) is 1. The monoisotopic (exact) mass is 443 g/mol. The summed E-state index contributed by atoms with van der Waals surface area (Å²) in [4.78, 5) is 27.4. The minimum atomic E-state index is -0.742. The lowest BCUT2D eigenvalue weighted by atomic mass is 9.95. The summed E-state index contributed by atoms with van der Waals surface area (Å²) in [5, 5.41) is 11.4. The van der Waals surface area contributed by atoms with Crippen LogP contribution in [0, 0.1) is 0 Å². The second-order valence-electron chi connectivity index (χ2n) is 7.20. The Kier molecular flexibility index (Phi) is 7.23. The molecule has 1 aliphatic rings. The lowest BCUT2D eigenvalue weighted by molar-refractivity contribution is -0.139. The first-order chi connectivity index (χ1) is 14.9. The number of carbonyl (C=O) groups is 2. The number of hydrogen-bond acceptors (Lipinski definition) is 5. The van der Waals surface area contributed by atoms with Crippen molar-refractivity contribution in [3.05, 3.63) is 64.2 Å². The highest BCUT2D eigenvalue weighted by Crippen LogP contribution is 2.41. The summed E-state index contributed by atoms with van der Waals surface area (Å²) < 4.78 is 10.8. The Labute approximate surface area is 187 Å². The van der Waals surface area contributed by atoms with E-state index in [0.29, 0.717) is 30.2 Å². The number of rotatable bonds is 8. The number of aliphatic hydroxyl groups is 1. The summed E-state index contributed by atoms with van der Waals surface area (Å²) in [6, 6.07) is 11.2. The predicted octanol–water partition coefficient (Wildman–Crippen LogP) is 4.97. The Morgan fingerprint density at radius 1 is 1.13 bits per heavy atom. The van der Waals surface area contributed by atoms with Crippen LogP contribution in [0.3, 0.4) is 0 Å². The average molecular weight is 444 g/mol. The predicted molar refractivity (Wildman–Crippen MR) is 120 cm³/mol. The first kappa shape index (κ1) is 22.7. The summed E-state index contributed by atoms with van der Waals surface area (Å²) in [7, 11) is 1.55. The van der Waals surface area contributed by atoms with E-state index in [0.717, 1.165) is 12.8 Å². The van der Waals surface area contributed by atoms with Crippen LogP contribution in [0.4, 0.5) is 0 Å². The van der Waals surface area contributed by atoms with Crippen molar-refractivity contribution >= 4 is 29.1 Å². The summed E-state index contributed by atoms with van der Waals surface area (Å²) in [6.45, 7) is 4.69. The lowest BCUT2D eigenvalue weighted by Crippen LogP contribution is -2.30. The fourth-order valence-electron chi connectivity index (χ4n) is 3.68. The van der Waals surface area contributed by atoms with Crippen molar-refractivity contribution < 1.29 is 24.2 Å². The van der Waals surface area contributed by atoms with Crippen molar-refractivity contribution in [1.82, 2.24) is 4.90 Å². The van der Waals surface area contributed by atoms with Crippen LogP contribution in [0.15, 0.2) is 48.0 Å². The molecular formula is C24H26ClNO5. The number of methoxy groups -OCH3 is 1. The number of ether oxygens (including phenoxy) is 2. The first-order valence-electron chi connectivity index (χ1n) is 10.3. The number of likely N-dealkylation sites (tertiary alicyclic amines) is 1. The number of benzene rings is 2. The standard InChI is InChI=1S/C24H26ClNO5/c1-4-6-12-26-21(15-8-7-9-16(13-15)30-3)20(23(28)24(26)29)22(27)18-14-17(31-5-2)10-11-19(18)25/h7-11,13-14,21,27H,4-6,12H2,1-3H3/b22-20+. The molecule has 164 valence electrons. The third-order valence-electron chi connectivity index (χ3n) is 5.21. The van der Waals surface area contributed by atoms with Crippen molar-refractivity contribution in [1.29, 1.82) is 0 Å². The minimum Gasteiger partial charge on any atom is -0.507 e. The number of nitrogens with zero attached hydrogens (tertiary/aromatic N) is 1. The number of unbranched alkanes of at least 4 members (excludes halogenated alkanes) is 1. The van der Waals surface area contributed by atoms with Crippen molar-refractivity contribution in [3.63, 3.8) is 0 Å². The first-order valence-corrected chi connectivity index (χ1v) is 10.7. The Hall–Kier alpha value is -2.99. The number of ketones is 1. The molecule has 6 nitrogen and oxygen atoms in total. The Morgan fingerprint density at radius 3 is 2.58 bits per heavy atom. The van der Waals surface area contributed by atoms with E-state index in [2.05, 4.69) is 0 Å². The van der Waals surface area contributed by atoms with Gasteiger partial charge in [-0.2, -0.15) is 0 Å². The molecule has 1 amide bonds. The van der Waals surface area contributed by atoms with E-state index in [-0.39, 0.29) is 21.9 Å². The average Bonchev–Trinajstić information content (AvgIpc) is 3.03. The van der Waals surface area contributed by atoms with E-state index in [4.69, 9.17) is 21.1 Å². The second-order valence-corrected chi connectivity index (χ2v) is 7.60.